The highest BCUT2D eigenvalue weighted by atomic mass is 16.5. The second kappa shape index (κ2) is 11.4. The van der Waals surface area contributed by atoms with E-state index in [-0.39, 0.29) is 30.7 Å². The molecule has 0 radical (unpaired) electrons. The van der Waals surface area contributed by atoms with Crippen molar-refractivity contribution in [1.29, 1.82) is 0 Å². The maximum absolute atomic E-state index is 13.0. The summed E-state index contributed by atoms with van der Waals surface area (Å²) < 4.78 is 16.2. The highest BCUT2D eigenvalue weighted by Crippen LogP contribution is 2.33. The highest BCUT2D eigenvalue weighted by Gasteiger charge is 2.25. The van der Waals surface area contributed by atoms with Crippen LogP contribution < -0.4 is 24.8 Å². The van der Waals surface area contributed by atoms with Gasteiger partial charge in [-0.05, 0) is 22.3 Å². The molecular weight excluding hydrogens is 432 g/mol. The van der Waals surface area contributed by atoms with Crippen LogP contribution in [0.5, 0.6) is 17.2 Å². The van der Waals surface area contributed by atoms with Crippen LogP contribution in [0.3, 0.4) is 0 Å². The van der Waals surface area contributed by atoms with E-state index < -0.39 is 6.04 Å². The van der Waals surface area contributed by atoms with Crippen LogP contribution in [0.2, 0.25) is 0 Å². The van der Waals surface area contributed by atoms with Gasteiger partial charge < -0.3 is 24.8 Å². The van der Waals surface area contributed by atoms with Crippen molar-refractivity contribution >= 4 is 22.6 Å². The van der Waals surface area contributed by atoms with Crippen LogP contribution in [0.15, 0.2) is 54.6 Å². The number of ether oxygens (including phenoxy) is 3. The zero-order valence-corrected chi connectivity index (χ0v) is 20.3. The van der Waals surface area contributed by atoms with E-state index >= 15 is 0 Å². The fourth-order valence-corrected chi connectivity index (χ4v) is 3.83. The smallest absolute Gasteiger partial charge is 0.243 e. The Morgan fingerprint density at radius 2 is 1.50 bits per heavy atom. The number of carbonyl (C=O) groups excluding carboxylic acids is 2. The number of rotatable bonds is 10. The first kappa shape index (κ1) is 24.9. The third-order valence-corrected chi connectivity index (χ3v) is 5.70. The lowest BCUT2D eigenvalue weighted by atomic mass is 10.0. The maximum atomic E-state index is 13.0. The Morgan fingerprint density at radius 1 is 0.853 bits per heavy atom. The van der Waals surface area contributed by atoms with Crippen molar-refractivity contribution < 1.29 is 23.8 Å². The first-order valence-electron chi connectivity index (χ1n) is 11.2. The molecule has 3 rings (SSSR count). The molecule has 0 spiro atoms. The second-order valence-corrected chi connectivity index (χ2v) is 8.38. The molecule has 0 aliphatic rings. The zero-order valence-electron chi connectivity index (χ0n) is 20.3. The molecule has 2 N–H and O–H groups in total. The second-order valence-electron chi connectivity index (χ2n) is 8.38. The number of hydrogen-bond acceptors (Lipinski definition) is 5. The Balaban J connectivity index is 1.68. The van der Waals surface area contributed by atoms with Crippen LogP contribution in [0.4, 0.5) is 0 Å². The summed E-state index contributed by atoms with van der Waals surface area (Å²) in [7, 11) is 4.65. The maximum Gasteiger partial charge on any atom is 0.243 e. The van der Waals surface area contributed by atoms with Crippen LogP contribution in [0, 0.1) is 5.92 Å². The summed E-state index contributed by atoms with van der Waals surface area (Å²) in [5.41, 5.74) is 1.58. The third kappa shape index (κ3) is 5.98. The third-order valence-electron chi connectivity index (χ3n) is 5.70. The van der Waals surface area contributed by atoms with E-state index in [1.807, 2.05) is 56.3 Å². The molecule has 0 fully saturated rings. The Kier molecular flexibility index (Phi) is 8.35. The summed E-state index contributed by atoms with van der Waals surface area (Å²) >= 11 is 0. The molecule has 0 bridgehead atoms. The molecule has 1 atom stereocenters. The van der Waals surface area contributed by atoms with E-state index in [1.54, 1.807) is 33.5 Å². The van der Waals surface area contributed by atoms with Gasteiger partial charge in [0, 0.05) is 12.1 Å². The van der Waals surface area contributed by atoms with Crippen molar-refractivity contribution in [2.24, 2.45) is 5.92 Å². The van der Waals surface area contributed by atoms with Gasteiger partial charge in [-0.1, -0.05) is 56.3 Å². The minimum Gasteiger partial charge on any atom is -0.496 e. The van der Waals surface area contributed by atoms with Gasteiger partial charge in [-0.25, -0.2) is 0 Å². The van der Waals surface area contributed by atoms with Gasteiger partial charge in [0.05, 0.1) is 39.9 Å². The van der Waals surface area contributed by atoms with Gasteiger partial charge >= 0.3 is 0 Å². The Hall–Kier alpha value is -3.74. The first-order valence-corrected chi connectivity index (χ1v) is 11.2. The van der Waals surface area contributed by atoms with Crippen LogP contribution >= 0.6 is 0 Å². The quantitative estimate of drug-likeness (QED) is 0.476. The Morgan fingerprint density at radius 3 is 2.09 bits per heavy atom. The van der Waals surface area contributed by atoms with E-state index in [0.717, 1.165) is 16.3 Å². The molecular formula is C27H32N2O5. The SMILES string of the molecule is COc1cc(OC)c(CNC(=O)C(NC(=O)Cc2ccc3ccccc3c2)C(C)C)c(OC)c1. The van der Waals surface area contributed by atoms with Crippen LogP contribution in [0.25, 0.3) is 10.8 Å². The number of fused-ring (bicyclic) bond motifs is 1. The lowest BCUT2D eigenvalue weighted by Crippen LogP contribution is -2.49. The lowest BCUT2D eigenvalue weighted by Gasteiger charge is -2.23. The van der Waals surface area contributed by atoms with Crippen molar-refractivity contribution in [3.8, 4) is 17.2 Å². The summed E-state index contributed by atoms with van der Waals surface area (Å²) in [6.07, 6.45) is 0.196. The average Bonchev–Trinajstić information content (AvgIpc) is 2.84. The number of methoxy groups -OCH3 is 3. The fraction of sp³-hybridized carbons (Fsp3) is 0.333. The molecule has 0 aliphatic heterocycles. The van der Waals surface area contributed by atoms with Gasteiger partial charge in [0.25, 0.3) is 0 Å². The van der Waals surface area contributed by atoms with Gasteiger partial charge in [0.15, 0.2) is 0 Å². The Labute approximate surface area is 200 Å². The Bertz CT molecular complexity index is 1130. The summed E-state index contributed by atoms with van der Waals surface area (Å²) in [6.45, 7) is 3.98. The number of nitrogens with one attached hydrogen (secondary N) is 2. The molecule has 34 heavy (non-hydrogen) atoms. The van der Waals surface area contributed by atoms with E-state index in [0.29, 0.717) is 22.8 Å². The van der Waals surface area contributed by atoms with Gasteiger partial charge in [0.1, 0.15) is 23.3 Å². The summed E-state index contributed by atoms with van der Waals surface area (Å²) in [6, 6.07) is 16.7. The van der Waals surface area contributed by atoms with Gasteiger partial charge in [-0.2, -0.15) is 0 Å². The van der Waals surface area contributed by atoms with Gasteiger partial charge in [0.2, 0.25) is 11.8 Å². The predicted molar refractivity (Wildman–Crippen MR) is 132 cm³/mol. The summed E-state index contributed by atoms with van der Waals surface area (Å²) in [5, 5.41) is 8.00. The monoisotopic (exact) mass is 464 g/mol. The topological polar surface area (TPSA) is 85.9 Å². The average molecular weight is 465 g/mol. The lowest BCUT2D eigenvalue weighted by molar-refractivity contribution is -0.129. The van der Waals surface area contributed by atoms with Crippen molar-refractivity contribution in [3.63, 3.8) is 0 Å². The molecule has 7 nitrogen and oxygen atoms in total. The fourth-order valence-electron chi connectivity index (χ4n) is 3.83. The standard InChI is InChI=1S/C27H32N2O5/c1-17(2)26(29-25(30)13-18-10-11-19-8-6-7-9-20(19)12-18)27(31)28-16-22-23(33-4)14-21(32-3)15-24(22)34-5/h6-12,14-15,17,26H,13,16H2,1-5H3,(H,28,31)(H,29,30). The van der Waals surface area contributed by atoms with E-state index in [1.165, 1.54) is 0 Å². The van der Waals surface area contributed by atoms with Crippen molar-refractivity contribution in [2.45, 2.75) is 32.9 Å². The molecule has 7 heteroatoms. The highest BCUT2D eigenvalue weighted by molar-refractivity contribution is 5.89. The van der Waals surface area contributed by atoms with Crippen LogP contribution in [0.1, 0.15) is 25.0 Å². The van der Waals surface area contributed by atoms with Crippen molar-refractivity contribution in [1.82, 2.24) is 10.6 Å². The molecule has 0 aromatic heterocycles. The molecule has 0 heterocycles. The first-order chi connectivity index (χ1) is 16.4. The predicted octanol–water partition coefficient (Wildman–Crippen LogP) is 3.87. The number of benzene rings is 3. The van der Waals surface area contributed by atoms with Crippen molar-refractivity contribution in [2.75, 3.05) is 21.3 Å². The molecule has 3 aromatic rings. The van der Waals surface area contributed by atoms with Crippen LogP contribution in [-0.2, 0) is 22.6 Å². The van der Waals surface area contributed by atoms with Crippen LogP contribution in [-0.4, -0.2) is 39.2 Å². The largest absolute Gasteiger partial charge is 0.496 e. The molecule has 0 aliphatic carbocycles. The molecule has 180 valence electrons. The molecule has 2 amide bonds. The molecule has 0 saturated heterocycles. The normalized spacial score (nSPS) is 11.7. The minimum atomic E-state index is -0.678. The van der Waals surface area contributed by atoms with E-state index in [4.69, 9.17) is 14.2 Å². The zero-order chi connectivity index (χ0) is 24.7. The minimum absolute atomic E-state index is 0.0970. The summed E-state index contributed by atoms with van der Waals surface area (Å²) in [5.74, 6) is 1.09. The molecule has 0 saturated carbocycles. The number of amides is 2. The van der Waals surface area contributed by atoms with Gasteiger partial charge in [-0.3, -0.25) is 9.59 Å². The summed E-state index contributed by atoms with van der Waals surface area (Å²) in [4.78, 5) is 25.8. The number of hydrogen-bond donors (Lipinski definition) is 2. The van der Waals surface area contributed by atoms with E-state index in [9.17, 15) is 9.59 Å². The molecule has 1 unspecified atom stereocenters. The van der Waals surface area contributed by atoms with Gasteiger partial charge in [-0.15, -0.1) is 0 Å². The van der Waals surface area contributed by atoms with E-state index in [2.05, 4.69) is 10.6 Å². The number of carbonyl (C=O) groups is 2. The molecule has 3 aromatic carbocycles. The van der Waals surface area contributed by atoms with Crippen molar-refractivity contribution in [3.05, 3.63) is 65.7 Å².